The highest BCUT2D eigenvalue weighted by atomic mass is 35.5. The molecule has 0 saturated heterocycles. The van der Waals surface area contributed by atoms with Gasteiger partial charge in [-0.15, -0.1) is 0 Å². The van der Waals surface area contributed by atoms with Crippen LogP contribution in [0.2, 0.25) is 10.0 Å². The largest absolute Gasteiger partial charge is 0.387 e. The number of halogens is 2. The van der Waals surface area contributed by atoms with Crippen molar-refractivity contribution in [2.24, 2.45) is 0 Å². The van der Waals surface area contributed by atoms with Crippen LogP contribution in [0.4, 0.5) is 0 Å². The van der Waals surface area contributed by atoms with Crippen LogP contribution in [0.5, 0.6) is 0 Å². The molecule has 2 nitrogen and oxygen atoms in total. The molecule has 1 atom stereocenters. The lowest BCUT2D eigenvalue weighted by Crippen LogP contribution is -2.21. The van der Waals surface area contributed by atoms with Gasteiger partial charge in [0, 0.05) is 28.7 Å². The molecule has 0 spiro atoms. The number of hydrogen-bond donors (Lipinski definition) is 2. The fourth-order valence-electron chi connectivity index (χ4n) is 2.06. The second-order valence-corrected chi connectivity index (χ2v) is 5.65. The number of aryl methyl sites for hydroxylation is 1. The maximum atomic E-state index is 10.2. The van der Waals surface area contributed by atoms with E-state index in [0.29, 0.717) is 28.7 Å². The third kappa shape index (κ3) is 4.22. The van der Waals surface area contributed by atoms with Crippen molar-refractivity contribution in [2.45, 2.75) is 19.6 Å². The molecule has 0 saturated carbocycles. The second kappa shape index (κ2) is 7.09. The summed E-state index contributed by atoms with van der Waals surface area (Å²) in [7, 11) is 0. The van der Waals surface area contributed by atoms with E-state index in [1.807, 2.05) is 6.07 Å². The molecule has 4 heteroatoms. The molecule has 20 heavy (non-hydrogen) atoms. The van der Waals surface area contributed by atoms with E-state index in [0.717, 1.165) is 0 Å². The summed E-state index contributed by atoms with van der Waals surface area (Å²) in [5.74, 6) is 0. The van der Waals surface area contributed by atoms with E-state index in [2.05, 4.69) is 30.4 Å². The van der Waals surface area contributed by atoms with Gasteiger partial charge in [0.05, 0.1) is 6.10 Å². The lowest BCUT2D eigenvalue weighted by atomic mass is 10.1. The van der Waals surface area contributed by atoms with Crippen LogP contribution in [0.15, 0.2) is 42.5 Å². The number of benzene rings is 2. The van der Waals surface area contributed by atoms with Gasteiger partial charge in [-0.3, -0.25) is 0 Å². The summed E-state index contributed by atoms with van der Waals surface area (Å²) in [6, 6.07) is 13.4. The van der Waals surface area contributed by atoms with E-state index in [9.17, 15) is 5.11 Å². The number of aliphatic hydroxyl groups excluding tert-OH is 1. The maximum Gasteiger partial charge on any atom is 0.0929 e. The summed E-state index contributed by atoms with van der Waals surface area (Å²) in [5, 5.41) is 14.5. The Morgan fingerprint density at radius 1 is 1.15 bits per heavy atom. The summed E-state index contributed by atoms with van der Waals surface area (Å²) < 4.78 is 0. The van der Waals surface area contributed by atoms with Gasteiger partial charge in [-0.2, -0.15) is 0 Å². The summed E-state index contributed by atoms with van der Waals surface area (Å²) in [5.41, 5.74) is 3.06. The van der Waals surface area contributed by atoms with Crippen LogP contribution in [-0.4, -0.2) is 11.7 Å². The molecular formula is C16H17Cl2NO. The zero-order valence-corrected chi connectivity index (χ0v) is 12.7. The molecule has 0 radical (unpaired) electrons. The Hall–Kier alpha value is -1.06. The van der Waals surface area contributed by atoms with Crippen molar-refractivity contribution in [2.75, 3.05) is 6.54 Å². The number of rotatable bonds is 5. The first-order valence-electron chi connectivity index (χ1n) is 6.45. The van der Waals surface area contributed by atoms with Crippen LogP contribution in [0.1, 0.15) is 22.8 Å². The average Bonchev–Trinajstić information content (AvgIpc) is 2.41. The highest BCUT2D eigenvalue weighted by Gasteiger charge is 2.11. The molecule has 1 unspecified atom stereocenters. The highest BCUT2D eigenvalue weighted by molar-refractivity contribution is 6.33. The first-order valence-corrected chi connectivity index (χ1v) is 7.21. The first kappa shape index (κ1) is 15.3. The van der Waals surface area contributed by atoms with Crippen molar-refractivity contribution in [1.82, 2.24) is 5.32 Å². The quantitative estimate of drug-likeness (QED) is 0.870. The Labute approximate surface area is 129 Å². The van der Waals surface area contributed by atoms with Gasteiger partial charge in [-0.1, -0.05) is 53.0 Å². The van der Waals surface area contributed by atoms with Crippen LogP contribution in [0, 0.1) is 6.92 Å². The van der Waals surface area contributed by atoms with E-state index < -0.39 is 6.10 Å². The molecule has 0 aliphatic rings. The predicted molar refractivity (Wildman–Crippen MR) is 84.3 cm³/mol. The van der Waals surface area contributed by atoms with E-state index in [4.69, 9.17) is 23.2 Å². The Morgan fingerprint density at radius 2 is 1.95 bits per heavy atom. The highest BCUT2D eigenvalue weighted by Crippen LogP contribution is 2.26. The van der Waals surface area contributed by atoms with Crippen molar-refractivity contribution in [1.29, 1.82) is 0 Å². The molecule has 0 amide bonds. The summed E-state index contributed by atoms with van der Waals surface area (Å²) in [6.07, 6.45) is -0.675. The molecule has 0 aliphatic heterocycles. The van der Waals surface area contributed by atoms with E-state index in [1.165, 1.54) is 11.1 Å². The van der Waals surface area contributed by atoms with Gasteiger partial charge in [-0.05, 0) is 30.7 Å². The molecule has 2 aromatic rings. The molecule has 2 aromatic carbocycles. The molecular weight excluding hydrogens is 293 g/mol. The van der Waals surface area contributed by atoms with Crippen molar-refractivity contribution in [3.63, 3.8) is 0 Å². The van der Waals surface area contributed by atoms with Crippen LogP contribution >= 0.6 is 23.2 Å². The standard InChI is InChI=1S/C16H17Cl2NO/c1-11-3-2-4-12(7-11)9-19-10-16(20)14-8-13(17)5-6-15(14)18/h2-8,16,19-20H,9-10H2,1H3. The molecule has 106 valence electrons. The summed E-state index contributed by atoms with van der Waals surface area (Å²) in [4.78, 5) is 0. The van der Waals surface area contributed by atoms with Crippen LogP contribution < -0.4 is 5.32 Å². The Morgan fingerprint density at radius 3 is 2.70 bits per heavy atom. The summed E-state index contributed by atoms with van der Waals surface area (Å²) in [6.45, 7) is 3.19. The first-order chi connectivity index (χ1) is 9.56. The zero-order valence-electron chi connectivity index (χ0n) is 11.2. The second-order valence-electron chi connectivity index (χ2n) is 4.80. The van der Waals surface area contributed by atoms with Crippen molar-refractivity contribution in [3.05, 3.63) is 69.2 Å². The van der Waals surface area contributed by atoms with E-state index >= 15 is 0 Å². The maximum absolute atomic E-state index is 10.2. The minimum Gasteiger partial charge on any atom is -0.387 e. The SMILES string of the molecule is Cc1cccc(CNCC(O)c2cc(Cl)ccc2Cl)c1. The third-order valence-electron chi connectivity index (χ3n) is 3.07. The van der Waals surface area contributed by atoms with Gasteiger partial charge in [-0.25, -0.2) is 0 Å². The molecule has 0 aliphatic carbocycles. The van der Waals surface area contributed by atoms with E-state index in [1.54, 1.807) is 18.2 Å². The number of hydrogen-bond acceptors (Lipinski definition) is 2. The fourth-order valence-corrected chi connectivity index (χ4v) is 2.48. The Kier molecular flexibility index (Phi) is 5.44. The van der Waals surface area contributed by atoms with Crippen LogP contribution in [-0.2, 0) is 6.54 Å². The normalized spacial score (nSPS) is 12.4. The van der Waals surface area contributed by atoms with Crippen LogP contribution in [0.25, 0.3) is 0 Å². The minimum atomic E-state index is -0.675. The molecule has 0 heterocycles. The van der Waals surface area contributed by atoms with Gasteiger partial charge in [0.25, 0.3) is 0 Å². The Bertz CT molecular complexity index is 586. The predicted octanol–water partition coefficient (Wildman–Crippen LogP) is 4.13. The molecule has 2 rings (SSSR count). The van der Waals surface area contributed by atoms with Gasteiger partial charge < -0.3 is 10.4 Å². The van der Waals surface area contributed by atoms with Gasteiger partial charge >= 0.3 is 0 Å². The monoisotopic (exact) mass is 309 g/mol. The van der Waals surface area contributed by atoms with Crippen molar-refractivity contribution < 1.29 is 5.11 Å². The number of aliphatic hydroxyl groups is 1. The Balaban J connectivity index is 1.92. The summed E-state index contributed by atoms with van der Waals surface area (Å²) >= 11 is 12.0. The van der Waals surface area contributed by atoms with Crippen LogP contribution in [0.3, 0.4) is 0 Å². The average molecular weight is 310 g/mol. The lowest BCUT2D eigenvalue weighted by molar-refractivity contribution is 0.174. The molecule has 0 bridgehead atoms. The molecule has 0 fully saturated rings. The van der Waals surface area contributed by atoms with Crippen molar-refractivity contribution in [3.8, 4) is 0 Å². The topological polar surface area (TPSA) is 32.3 Å². The zero-order chi connectivity index (χ0) is 14.5. The third-order valence-corrected chi connectivity index (χ3v) is 3.65. The smallest absolute Gasteiger partial charge is 0.0929 e. The lowest BCUT2D eigenvalue weighted by Gasteiger charge is -2.14. The number of nitrogens with one attached hydrogen (secondary N) is 1. The molecule has 2 N–H and O–H groups in total. The molecule has 0 aromatic heterocycles. The van der Waals surface area contributed by atoms with E-state index in [-0.39, 0.29) is 0 Å². The van der Waals surface area contributed by atoms with Crippen molar-refractivity contribution >= 4 is 23.2 Å². The van der Waals surface area contributed by atoms with Gasteiger partial charge in [0.1, 0.15) is 0 Å². The van der Waals surface area contributed by atoms with Gasteiger partial charge in [0.2, 0.25) is 0 Å². The minimum absolute atomic E-state index is 0.425. The fraction of sp³-hybridized carbons (Fsp3) is 0.250. The van der Waals surface area contributed by atoms with Gasteiger partial charge in [0.15, 0.2) is 0 Å².